The molecule has 2 spiro atoms. The maximum atomic E-state index is 12.8. The molecule has 29 heavy (non-hydrogen) atoms. The molecular weight excluding hydrogens is 380 g/mol. The first-order chi connectivity index (χ1) is 13.9. The van der Waals surface area contributed by atoms with Crippen LogP contribution < -0.4 is 0 Å². The quantitative estimate of drug-likeness (QED) is 0.509. The largest absolute Gasteiger partial charge is 0.466 e. The topological polar surface area (TPSA) is 105 Å². The summed E-state index contributed by atoms with van der Waals surface area (Å²) in [6.45, 7) is 0. The number of allylic oxidation sites excluding steroid dienone is 4. The Bertz CT molecular complexity index is 969. The molecule has 0 unspecified atom stereocenters. The molecule has 0 radical (unpaired) electrons. The summed E-state index contributed by atoms with van der Waals surface area (Å²) in [4.78, 5) is 50.8. The molecule has 8 heteroatoms. The van der Waals surface area contributed by atoms with Crippen molar-refractivity contribution in [3.8, 4) is 0 Å². The third kappa shape index (κ3) is 1.93. The summed E-state index contributed by atoms with van der Waals surface area (Å²) in [5.41, 5.74) is -1.33. The number of rotatable bonds is 4. The van der Waals surface area contributed by atoms with Crippen molar-refractivity contribution in [2.45, 2.75) is 6.42 Å². The Morgan fingerprint density at radius 1 is 0.759 bits per heavy atom. The van der Waals surface area contributed by atoms with E-state index < -0.39 is 46.5 Å². The second-order valence-corrected chi connectivity index (χ2v) is 7.39. The Kier molecular flexibility index (Phi) is 4.08. The van der Waals surface area contributed by atoms with E-state index in [0.717, 1.165) is 0 Å². The van der Waals surface area contributed by atoms with Gasteiger partial charge in [-0.3, -0.25) is 0 Å². The number of carbonyl (C=O) groups is 4. The van der Waals surface area contributed by atoms with Crippen molar-refractivity contribution in [1.82, 2.24) is 0 Å². The van der Waals surface area contributed by atoms with Crippen LogP contribution in [0.1, 0.15) is 6.42 Å². The minimum absolute atomic E-state index is 0.158. The van der Waals surface area contributed by atoms with Crippen LogP contribution in [0.25, 0.3) is 0 Å². The summed E-state index contributed by atoms with van der Waals surface area (Å²) in [6.07, 6.45) is 7.50. The second-order valence-electron chi connectivity index (χ2n) is 7.39. The van der Waals surface area contributed by atoms with E-state index >= 15 is 0 Å². The van der Waals surface area contributed by atoms with Gasteiger partial charge in [0, 0.05) is 22.7 Å². The highest BCUT2D eigenvalue weighted by atomic mass is 16.5. The molecule has 4 aliphatic carbocycles. The molecule has 1 fully saturated rings. The van der Waals surface area contributed by atoms with Gasteiger partial charge in [0.1, 0.15) is 0 Å². The van der Waals surface area contributed by atoms with Gasteiger partial charge in [-0.15, -0.1) is 0 Å². The highest BCUT2D eigenvalue weighted by molar-refractivity contribution is 6.11. The molecule has 0 saturated heterocycles. The lowest BCUT2D eigenvalue weighted by molar-refractivity contribution is -0.146. The normalized spacial score (nSPS) is 33.0. The molecule has 0 heterocycles. The molecule has 0 aromatic carbocycles. The standard InChI is InChI=1S/C21H20O8/c1-26-16(22)11-10-9-20(14(11)18(24)28-3)7-5-6-8-21(20)13(10)12(17(23)27-2)15(21)19(25)29-4/h5-8,10,13H,9H2,1-4H3/t10-,13-,20-,21+/m0/s1. The molecular formula is C21H20O8. The number of fused-ring (bicyclic) bond motifs is 2. The van der Waals surface area contributed by atoms with Crippen LogP contribution in [-0.4, -0.2) is 52.3 Å². The van der Waals surface area contributed by atoms with E-state index in [4.69, 9.17) is 18.9 Å². The van der Waals surface area contributed by atoms with Gasteiger partial charge in [-0.25, -0.2) is 19.2 Å². The van der Waals surface area contributed by atoms with Gasteiger partial charge in [0.2, 0.25) is 0 Å². The lowest BCUT2D eigenvalue weighted by atomic mass is 9.43. The molecule has 4 rings (SSSR count). The van der Waals surface area contributed by atoms with E-state index in [-0.39, 0.29) is 22.3 Å². The van der Waals surface area contributed by atoms with Gasteiger partial charge in [0.05, 0.1) is 50.7 Å². The summed E-state index contributed by atoms with van der Waals surface area (Å²) in [7, 11) is 4.92. The summed E-state index contributed by atoms with van der Waals surface area (Å²) in [6, 6.07) is 0. The number of hydrogen-bond donors (Lipinski definition) is 0. The average molecular weight is 400 g/mol. The first kappa shape index (κ1) is 19.2. The van der Waals surface area contributed by atoms with Gasteiger partial charge in [0.25, 0.3) is 0 Å². The smallest absolute Gasteiger partial charge is 0.335 e. The molecule has 0 amide bonds. The van der Waals surface area contributed by atoms with Crippen LogP contribution >= 0.6 is 0 Å². The number of hydrogen-bond acceptors (Lipinski definition) is 8. The van der Waals surface area contributed by atoms with Crippen LogP contribution in [0, 0.1) is 22.7 Å². The maximum absolute atomic E-state index is 12.8. The maximum Gasteiger partial charge on any atom is 0.335 e. The lowest BCUT2D eigenvalue weighted by Gasteiger charge is -2.56. The Labute approximate surface area is 166 Å². The van der Waals surface area contributed by atoms with Gasteiger partial charge in [-0.2, -0.15) is 0 Å². The van der Waals surface area contributed by atoms with Crippen LogP contribution in [0.5, 0.6) is 0 Å². The molecule has 4 atom stereocenters. The lowest BCUT2D eigenvalue weighted by Crippen LogP contribution is -2.57. The van der Waals surface area contributed by atoms with E-state index in [1.54, 1.807) is 18.2 Å². The fourth-order valence-electron chi connectivity index (χ4n) is 5.87. The number of methoxy groups -OCH3 is 4. The third-order valence-electron chi connectivity index (χ3n) is 6.69. The van der Waals surface area contributed by atoms with Crippen molar-refractivity contribution in [2.75, 3.05) is 28.4 Å². The average Bonchev–Trinajstić information content (AvgIpc) is 3.17. The van der Waals surface area contributed by atoms with Gasteiger partial charge < -0.3 is 18.9 Å². The van der Waals surface area contributed by atoms with Gasteiger partial charge in [-0.1, -0.05) is 24.3 Å². The van der Waals surface area contributed by atoms with Crippen LogP contribution in [0.3, 0.4) is 0 Å². The molecule has 8 nitrogen and oxygen atoms in total. The zero-order chi connectivity index (χ0) is 21.1. The molecule has 0 aromatic heterocycles. The molecule has 0 N–H and O–H groups in total. The Balaban J connectivity index is 2.04. The summed E-state index contributed by atoms with van der Waals surface area (Å²) >= 11 is 0. The molecule has 152 valence electrons. The van der Waals surface area contributed by atoms with E-state index in [2.05, 4.69) is 0 Å². The number of ether oxygens (including phenoxy) is 4. The highest BCUT2D eigenvalue weighted by Crippen LogP contribution is 2.80. The second kappa shape index (κ2) is 6.17. The van der Waals surface area contributed by atoms with Crippen molar-refractivity contribution in [1.29, 1.82) is 0 Å². The van der Waals surface area contributed by atoms with E-state index in [9.17, 15) is 19.2 Å². The van der Waals surface area contributed by atoms with Crippen molar-refractivity contribution < 1.29 is 38.1 Å². The minimum atomic E-state index is -1.02. The van der Waals surface area contributed by atoms with Gasteiger partial charge in [0.15, 0.2) is 0 Å². The fraction of sp³-hybridized carbons (Fsp3) is 0.429. The predicted octanol–water partition coefficient (Wildman–Crippen LogP) is 1.03. The van der Waals surface area contributed by atoms with Crippen LogP contribution in [-0.2, 0) is 38.1 Å². The number of carbonyl (C=O) groups excluding carboxylic acids is 4. The Morgan fingerprint density at radius 2 is 1.28 bits per heavy atom. The summed E-state index contributed by atoms with van der Waals surface area (Å²) in [5, 5.41) is 0. The summed E-state index contributed by atoms with van der Waals surface area (Å²) < 4.78 is 19.8. The molecule has 0 aliphatic heterocycles. The minimum Gasteiger partial charge on any atom is -0.466 e. The monoisotopic (exact) mass is 400 g/mol. The van der Waals surface area contributed by atoms with Crippen molar-refractivity contribution in [3.63, 3.8) is 0 Å². The molecule has 4 aliphatic rings. The first-order valence-electron chi connectivity index (χ1n) is 9.05. The van der Waals surface area contributed by atoms with E-state index in [0.29, 0.717) is 6.42 Å². The highest BCUT2D eigenvalue weighted by Gasteiger charge is 2.79. The van der Waals surface area contributed by atoms with Gasteiger partial charge in [-0.05, 0) is 6.42 Å². The Hall–Kier alpha value is -3.16. The Morgan fingerprint density at radius 3 is 1.86 bits per heavy atom. The molecule has 1 saturated carbocycles. The number of esters is 4. The van der Waals surface area contributed by atoms with Crippen LogP contribution in [0.4, 0.5) is 0 Å². The van der Waals surface area contributed by atoms with Crippen molar-refractivity contribution in [2.24, 2.45) is 22.7 Å². The van der Waals surface area contributed by atoms with Crippen LogP contribution in [0.2, 0.25) is 0 Å². The fourth-order valence-corrected chi connectivity index (χ4v) is 5.87. The summed E-state index contributed by atoms with van der Waals surface area (Å²) in [5.74, 6) is -3.67. The van der Waals surface area contributed by atoms with E-state index in [1.807, 2.05) is 6.08 Å². The molecule has 0 aromatic rings. The van der Waals surface area contributed by atoms with E-state index in [1.165, 1.54) is 28.4 Å². The van der Waals surface area contributed by atoms with Gasteiger partial charge >= 0.3 is 23.9 Å². The third-order valence-corrected chi connectivity index (χ3v) is 6.69. The van der Waals surface area contributed by atoms with Crippen molar-refractivity contribution >= 4 is 23.9 Å². The van der Waals surface area contributed by atoms with Crippen molar-refractivity contribution in [3.05, 3.63) is 46.6 Å². The zero-order valence-corrected chi connectivity index (χ0v) is 16.4. The zero-order valence-electron chi connectivity index (χ0n) is 16.4. The molecule has 2 bridgehead atoms. The van der Waals surface area contributed by atoms with Crippen LogP contribution in [0.15, 0.2) is 46.6 Å². The predicted molar refractivity (Wildman–Crippen MR) is 96.9 cm³/mol. The first-order valence-corrected chi connectivity index (χ1v) is 9.05. The SMILES string of the molecule is COC(=O)C1=C(C(=O)OC)[C@]23C=CC=C[C@@]24C[C@@H](C(C(=O)OC)=C4C(=O)OC)[C@@H]13.